The van der Waals surface area contributed by atoms with E-state index in [-0.39, 0.29) is 12.0 Å². The van der Waals surface area contributed by atoms with Crippen molar-refractivity contribution in [3.8, 4) is 11.5 Å². The topological polar surface area (TPSA) is 35.5 Å². The zero-order valence-electron chi connectivity index (χ0n) is 14.8. The molecular formula is C20H23ClO3. The fraction of sp³-hybridized carbons (Fsp3) is 0.350. The van der Waals surface area contributed by atoms with Crippen LogP contribution in [0.3, 0.4) is 0 Å². The molecule has 2 aromatic carbocycles. The zero-order valence-corrected chi connectivity index (χ0v) is 15.5. The van der Waals surface area contributed by atoms with Crippen LogP contribution in [-0.4, -0.2) is 12.6 Å². The molecule has 0 fully saturated rings. The average molecular weight is 347 g/mol. The number of esters is 1. The Labute approximate surface area is 148 Å². The molecule has 3 nitrogen and oxygen atoms in total. The van der Waals surface area contributed by atoms with Crippen molar-refractivity contribution >= 4 is 17.6 Å². The number of para-hydroxylation sites is 1. The molecular weight excluding hydrogens is 324 g/mol. The molecule has 2 rings (SSSR count). The highest BCUT2D eigenvalue weighted by molar-refractivity contribution is 6.32. The zero-order chi connectivity index (χ0) is 17.9. The normalized spacial score (nSPS) is 11.2. The summed E-state index contributed by atoms with van der Waals surface area (Å²) in [4.78, 5) is 12.1. The third-order valence-electron chi connectivity index (χ3n) is 3.69. The SMILES string of the molecule is Cc1cc(OCC(=O)Oc2ccccc2C(C)(C)C)cc(C)c1Cl. The van der Waals surface area contributed by atoms with Crippen molar-refractivity contribution in [3.05, 3.63) is 58.1 Å². The Kier molecular flexibility index (Phi) is 5.55. The van der Waals surface area contributed by atoms with Gasteiger partial charge in [0.05, 0.1) is 0 Å². The monoisotopic (exact) mass is 346 g/mol. The number of rotatable bonds is 4. The first-order valence-electron chi connectivity index (χ1n) is 7.88. The summed E-state index contributed by atoms with van der Waals surface area (Å²) >= 11 is 6.13. The number of benzene rings is 2. The van der Waals surface area contributed by atoms with E-state index in [0.717, 1.165) is 16.7 Å². The van der Waals surface area contributed by atoms with E-state index in [1.807, 2.05) is 44.2 Å². The van der Waals surface area contributed by atoms with Crippen molar-refractivity contribution in [2.24, 2.45) is 0 Å². The Morgan fingerprint density at radius 2 is 1.67 bits per heavy atom. The number of carbonyl (C=O) groups is 1. The van der Waals surface area contributed by atoms with Gasteiger partial charge in [0, 0.05) is 10.6 Å². The molecule has 2 aromatic rings. The Morgan fingerprint density at radius 1 is 1.08 bits per heavy atom. The second-order valence-corrected chi connectivity index (χ2v) is 7.26. The number of ether oxygens (including phenoxy) is 2. The minimum absolute atomic E-state index is 0.109. The van der Waals surface area contributed by atoms with Crippen molar-refractivity contribution in [1.29, 1.82) is 0 Å². The summed E-state index contributed by atoms with van der Waals surface area (Å²) in [5.74, 6) is 0.745. The lowest BCUT2D eigenvalue weighted by Crippen LogP contribution is -2.20. The molecule has 4 heteroatoms. The van der Waals surface area contributed by atoms with Crippen LogP contribution in [0.2, 0.25) is 5.02 Å². The smallest absolute Gasteiger partial charge is 0.349 e. The number of aryl methyl sites for hydroxylation is 2. The number of hydrogen-bond donors (Lipinski definition) is 0. The van der Waals surface area contributed by atoms with Crippen LogP contribution >= 0.6 is 11.6 Å². The lowest BCUT2D eigenvalue weighted by Gasteiger charge is -2.22. The molecule has 0 saturated carbocycles. The van der Waals surface area contributed by atoms with Gasteiger partial charge in [-0.25, -0.2) is 4.79 Å². The van der Waals surface area contributed by atoms with Crippen LogP contribution in [0, 0.1) is 13.8 Å². The molecule has 0 bridgehead atoms. The first-order valence-corrected chi connectivity index (χ1v) is 8.26. The van der Waals surface area contributed by atoms with Gasteiger partial charge >= 0.3 is 5.97 Å². The van der Waals surface area contributed by atoms with E-state index >= 15 is 0 Å². The molecule has 0 aliphatic carbocycles. The van der Waals surface area contributed by atoms with Crippen molar-refractivity contribution in [1.82, 2.24) is 0 Å². The van der Waals surface area contributed by atoms with Crippen molar-refractivity contribution < 1.29 is 14.3 Å². The molecule has 24 heavy (non-hydrogen) atoms. The van der Waals surface area contributed by atoms with Crippen molar-refractivity contribution in [3.63, 3.8) is 0 Å². The lowest BCUT2D eigenvalue weighted by molar-refractivity contribution is -0.136. The van der Waals surface area contributed by atoms with Crippen LogP contribution in [0.1, 0.15) is 37.5 Å². The summed E-state index contributed by atoms with van der Waals surface area (Å²) in [6, 6.07) is 11.2. The fourth-order valence-electron chi connectivity index (χ4n) is 2.46. The maximum Gasteiger partial charge on any atom is 0.349 e. The molecule has 0 radical (unpaired) electrons. The molecule has 0 heterocycles. The van der Waals surface area contributed by atoms with Gasteiger partial charge < -0.3 is 9.47 Å². The Balaban J connectivity index is 2.05. The van der Waals surface area contributed by atoms with Gasteiger partial charge in [0.2, 0.25) is 0 Å². The van der Waals surface area contributed by atoms with Gasteiger partial charge in [0.25, 0.3) is 0 Å². The fourth-order valence-corrected chi connectivity index (χ4v) is 2.57. The van der Waals surface area contributed by atoms with Crippen LogP contribution < -0.4 is 9.47 Å². The molecule has 0 N–H and O–H groups in total. The quantitative estimate of drug-likeness (QED) is 0.561. The number of carbonyl (C=O) groups excluding carboxylic acids is 1. The third-order valence-corrected chi connectivity index (χ3v) is 4.28. The maximum absolute atomic E-state index is 12.1. The first kappa shape index (κ1) is 18.3. The van der Waals surface area contributed by atoms with E-state index in [0.29, 0.717) is 16.5 Å². The predicted molar refractivity (Wildman–Crippen MR) is 97.2 cm³/mol. The van der Waals surface area contributed by atoms with Gasteiger partial charge in [-0.3, -0.25) is 0 Å². The Bertz CT molecular complexity index is 722. The van der Waals surface area contributed by atoms with Gasteiger partial charge in [-0.2, -0.15) is 0 Å². The molecule has 0 aliphatic heterocycles. The number of hydrogen-bond acceptors (Lipinski definition) is 3. The maximum atomic E-state index is 12.1. The van der Waals surface area contributed by atoms with E-state index in [9.17, 15) is 4.79 Å². The van der Waals surface area contributed by atoms with Gasteiger partial charge in [-0.05, 0) is 48.6 Å². The van der Waals surface area contributed by atoms with Crippen LogP contribution in [0.4, 0.5) is 0 Å². The first-order chi connectivity index (χ1) is 11.2. The van der Waals surface area contributed by atoms with Crippen LogP contribution in [0.5, 0.6) is 11.5 Å². The van der Waals surface area contributed by atoms with E-state index in [4.69, 9.17) is 21.1 Å². The second kappa shape index (κ2) is 7.27. The summed E-state index contributed by atoms with van der Waals surface area (Å²) in [7, 11) is 0. The minimum Gasteiger partial charge on any atom is -0.482 e. The molecule has 0 amide bonds. The van der Waals surface area contributed by atoms with Crippen molar-refractivity contribution in [2.75, 3.05) is 6.61 Å². The van der Waals surface area contributed by atoms with Gasteiger partial charge in [-0.15, -0.1) is 0 Å². The third kappa shape index (κ3) is 4.51. The lowest BCUT2D eigenvalue weighted by atomic mass is 9.86. The summed E-state index contributed by atoms with van der Waals surface area (Å²) in [6.07, 6.45) is 0. The van der Waals surface area contributed by atoms with Gasteiger partial charge in [0.15, 0.2) is 6.61 Å². The van der Waals surface area contributed by atoms with Crippen LogP contribution in [0.15, 0.2) is 36.4 Å². The molecule has 0 spiro atoms. The molecule has 0 unspecified atom stereocenters. The van der Waals surface area contributed by atoms with E-state index in [1.54, 1.807) is 6.07 Å². The molecule has 0 aromatic heterocycles. The standard InChI is InChI=1S/C20H23ClO3/c1-13-10-15(11-14(2)19(13)21)23-12-18(22)24-17-9-7-6-8-16(17)20(3,4)5/h6-11H,12H2,1-5H3. The highest BCUT2D eigenvalue weighted by atomic mass is 35.5. The van der Waals surface area contributed by atoms with E-state index in [2.05, 4.69) is 20.8 Å². The highest BCUT2D eigenvalue weighted by Gasteiger charge is 2.20. The molecule has 0 aliphatic rings. The average Bonchev–Trinajstić information content (AvgIpc) is 2.50. The molecule has 128 valence electrons. The van der Waals surface area contributed by atoms with E-state index < -0.39 is 5.97 Å². The summed E-state index contributed by atoms with van der Waals surface area (Å²) in [6.45, 7) is 9.89. The van der Waals surface area contributed by atoms with Crippen LogP contribution in [0.25, 0.3) is 0 Å². The molecule has 0 saturated heterocycles. The summed E-state index contributed by atoms with van der Waals surface area (Å²) < 4.78 is 11.0. The Hall–Kier alpha value is -2.00. The molecule has 0 atom stereocenters. The minimum atomic E-state index is -0.433. The van der Waals surface area contributed by atoms with Crippen molar-refractivity contribution in [2.45, 2.75) is 40.0 Å². The number of halogens is 1. The predicted octanol–water partition coefficient (Wildman–Crippen LogP) is 5.24. The van der Waals surface area contributed by atoms with Gasteiger partial charge in [0.1, 0.15) is 11.5 Å². The van der Waals surface area contributed by atoms with E-state index in [1.165, 1.54) is 0 Å². The van der Waals surface area contributed by atoms with Gasteiger partial charge in [-0.1, -0.05) is 50.6 Å². The Morgan fingerprint density at radius 3 is 2.25 bits per heavy atom. The highest BCUT2D eigenvalue weighted by Crippen LogP contribution is 2.31. The summed E-state index contributed by atoms with van der Waals surface area (Å²) in [5, 5.41) is 0.712. The summed E-state index contributed by atoms with van der Waals surface area (Å²) in [5.41, 5.74) is 2.70. The second-order valence-electron chi connectivity index (χ2n) is 6.88. The van der Waals surface area contributed by atoms with Crippen LogP contribution in [-0.2, 0) is 10.2 Å². The largest absolute Gasteiger partial charge is 0.482 e.